The van der Waals surface area contributed by atoms with Crippen molar-refractivity contribution in [1.29, 1.82) is 0 Å². The molecule has 0 bridgehead atoms. The molecule has 0 aliphatic rings. The van der Waals surface area contributed by atoms with Crippen LogP contribution in [0.15, 0.2) is 12.4 Å². The van der Waals surface area contributed by atoms with Crippen molar-refractivity contribution in [2.24, 2.45) is 5.73 Å². The van der Waals surface area contributed by atoms with Gasteiger partial charge < -0.3 is 15.4 Å². The molecule has 0 radical (unpaired) electrons. The van der Waals surface area contributed by atoms with E-state index in [2.05, 4.69) is 4.98 Å². The molecule has 0 aliphatic carbocycles. The number of carbonyl (C=O) groups is 1. The lowest BCUT2D eigenvalue weighted by molar-refractivity contribution is -0.137. The van der Waals surface area contributed by atoms with Gasteiger partial charge in [0.2, 0.25) is 0 Å². The molecule has 0 spiro atoms. The number of carboxylic acid groups (broad SMARTS) is 1. The van der Waals surface area contributed by atoms with Gasteiger partial charge in [0, 0.05) is 25.4 Å². The first-order valence-corrected chi connectivity index (χ1v) is 4.16. The summed E-state index contributed by atoms with van der Waals surface area (Å²) < 4.78 is 1.88. The van der Waals surface area contributed by atoms with Crippen molar-refractivity contribution in [2.75, 3.05) is 0 Å². The summed E-state index contributed by atoms with van der Waals surface area (Å²) in [5.41, 5.74) is 5.43. The standard InChI is InChI=1S/C8H13N3O2/c9-6-7-10-3-5-11(7)4-1-2-8(12)13/h3,5H,1-2,4,6,9H2,(H,12,13). The first-order valence-electron chi connectivity index (χ1n) is 4.16. The average Bonchev–Trinajstić information content (AvgIpc) is 2.51. The van der Waals surface area contributed by atoms with Crippen molar-refractivity contribution in [3.05, 3.63) is 18.2 Å². The number of aryl methyl sites for hydroxylation is 1. The fourth-order valence-electron chi connectivity index (χ4n) is 1.13. The lowest BCUT2D eigenvalue weighted by Crippen LogP contribution is -2.09. The molecule has 3 N–H and O–H groups in total. The van der Waals surface area contributed by atoms with Crippen LogP contribution in [-0.4, -0.2) is 20.6 Å². The van der Waals surface area contributed by atoms with Crippen molar-refractivity contribution >= 4 is 5.97 Å². The molecular formula is C8H13N3O2. The minimum absolute atomic E-state index is 0.183. The summed E-state index contributed by atoms with van der Waals surface area (Å²) in [5.74, 6) is 0.0276. The summed E-state index contributed by atoms with van der Waals surface area (Å²) in [7, 11) is 0. The van der Waals surface area contributed by atoms with Crippen LogP contribution >= 0.6 is 0 Å². The Morgan fingerprint density at radius 3 is 3.08 bits per heavy atom. The van der Waals surface area contributed by atoms with Gasteiger partial charge in [0.15, 0.2) is 0 Å². The Morgan fingerprint density at radius 2 is 2.46 bits per heavy atom. The second-order valence-corrected chi connectivity index (χ2v) is 2.74. The van der Waals surface area contributed by atoms with Gasteiger partial charge in [-0.25, -0.2) is 4.98 Å². The van der Waals surface area contributed by atoms with E-state index in [1.165, 1.54) is 0 Å². The Hall–Kier alpha value is -1.36. The maximum Gasteiger partial charge on any atom is 0.303 e. The Labute approximate surface area is 76.2 Å². The molecule has 1 heterocycles. The molecule has 1 aromatic rings. The molecule has 1 rings (SSSR count). The van der Waals surface area contributed by atoms with Gasteiger partial charge in [-0.05, 0) is 6.42 Å². The first-order chi connectivity index (χ1) is 6.24. The minimum atomic E-state index is -0.769. The highest BCUT2D eigenvalue weighted by molar-refractivity contribution is 5.66. The number of rotatable bonds is 5. The van der Waals surface area contributed by atoms with Crippen molar-refractivity contribution < 1.29 is 9.90 Å². The summed E-state index contributed by atoms with van der Waals surface area (Å²) in [6.07, 6.45) is 4.27. The molecule has 0 atom stereocenters. The summed E-state index contributed by atoms with van der Waals surface area (Å²) in [6, 6.07) is 0. The van der Waals surface area contributed by atoms with Gasteiger partial charge >= 0.3 is 5.97 Å². The second-order valence-electron chi connectivity index (χ2n) is 2.74. The van der Waals surface area contributed by atoms with Crippen LogP contribution in [0.3, 0.4) is 0 Å². The summed E-state index contributed by atoms with van der Waals surface area (Å²) in [4.78, 5) is 14.3. The molecule has 13 heavy (non-hydrogen) atoms. The molecule has 0 unspecified atom stereocenters. The number of imidazole rings is 1. The van der Waals surface area contributed by atoms with E-state index in [4.69, 9.17) is 10.8 Å². The predicted octanol–water partition coefficient (Wildman–Crippen LogP) is 0.207. The number of nitrogens with two attached hydrogens (primary N) is 1. The Kier molecular flexibility index (Phi) is 3.45. The Bertz CT molecular complexity index is 283. The SMILES string of the molecule is NCc1nccn1CCCC(=O)O. The number of aliphatic carboxylic acids is 1. The minimum Gasteiger partial charge on any atom is -0.481 e. The molecule has 1 aromatic heterocycles. The molecule has 5 heteroatoms. The van der Waals surface area contributed by atoms with Crippen LogP contribution in [0.4, 0.5) is 0 Å². The third-order valence-electron chi connectivity index (χ3n) is 1.77. The maximum atomic E-state index is 10.2. The van der Waals surface area contributed by atoms with Gasteiger partial charge in [0.05, 0.1) is 6.54 Å². The maximum absolute atomic E-state index is 10.2. The highest BCUT2D eigenvalue weighted by Gasteiger charge is 2.01. The van der Waals surface area contributed by atoms with E-state index in [1.807, 2.05) is 10.8 Å². The molecule has 0 aliphatic heterocycles. The van der Waals surface area contributed by atoms with E-state index >= 15 is 0 Å². The predicted molar refractivity (Wildman–Crippen MR) is 47.0 cm³/mol. The zero-order valence-corrected chi connectivity index (χ0v) is 7.31. The van der Waals surface area contributed by atoms with E-state index in [9.17, 15) is 4.79 Å². The van der Waals surface area contributed by atoms with Crippen molar-refractivity contribution in [2.45, 2.75) is 25.9 Å². The van der Waals surface area contributed by atoms with Gasteiger partial charge in [-0.15, -0.1) is 0 Å². The zero-order chi connectivity index (χ0) is 9.68. The van der Waals surface area contributed by atoms with E-state index in [0.29, 0.717) is 19.5 Å². The number of nitrogens with zero attached hydrogens (tertiary/aromatic N) is 2. The lowest BCUT2D eigenvalue weighted by atomic mass is 10.3. The normalized spacial score (nSPS) is 10.2. The molecule has 0 saturated heterocycles. The fourth-order valence-corrected chi connectivity index (χ4v) is 1.13. The topological polar surface area (TPSA) is 81.1 Å². The Balaban J connectivity index is 2.40. The molecule has 0 aromatic carbocycles. The third-order valence-corrected chi connectivity index (χ3v) is 1.77. The van der Waals surface area contributed by atoms with Crippen LogP contribution in [0.2, 0.25) is 0 Å². The van der Waals surface area contributed by atoms with Crippen molar-refractivity contribution in [1.82, 2.24) is 9.55 Å². The third kappa shape index (κ3) is 2.87. The number of hydrogen-bond donors (Lipinski definition) is 2. The van der Waals surface area contributed by atoms with E-state index in [-0.39, 0.29) is 6.42 Å². The number of aromatic nitrogens is 2. The van der Waals surface area contributed by atoms with Gasteiger partial charge in [0.1, 0.15) is 5.82 Å². The van der Waals surface area contributed by atoms with Crippen LogP contribution in [0.1, 0.15) is 18.7 Å². The van der Waals surface area contributed by atoms with E-state index in [1.54, 1.807) is 6.20 Å². The highest BCUT2D eigenvalue weighted by atomic mass is 16.4. The quantitative estimate of drug-likeness (QED) is 0.683. The van der Waals surface area contributed by atoms with Crippen LogP contribution in [0.5, 0.6) is 0 Å². The van der Waals surface area contributed by atoms with Crippen LogP contribution in [-0.2, 0) is 17.9 Å². The van der Waals surface area contributed by atoms with Crippen molar-refractivity contribution in [3.63, 3.8) is 0 Å². The van der Waals surface area contributed by atoms with Crippen molar-refractivity contribution in [3.8, 4) is 0 Å². The van der Waals surface area contributed by atoms with Crippen LogP contribution < -0.4 is 5.73 Å². The largest absolute Gasteiger partial charge is 0.481 e. The van der Waals surface area contributed by atoms with Gasteiger partial charge in [-0.2, -0.15) is 0 Å². The highest BCUT2D eigenvalue weighted by Crippen LogP contribution is 2.00. The smallest absolute Gasteiger partial charge is 0.303 e. The van der Waals surface area contributed by atoms with E-state index < -0.39 is 5.97 Å². The second kappa shape index (κ2) is 4.61. The molecule has 0 saturated carbocycles. The zero-order valence-electron chi connectivity index (χ0n) is 7.31. The monoisotopic (exact) mass is 183 g/mol. The molecule has 72 valence electrons. The Morgan fingerprint density at radius 1 is 1.69 bits per heavy atom. The van der Waals surface area contributed by atoms with Gasteiger partial charge in [-0.3, -0.25) is 4.79 Å². The van der Waals surface area contributed by atoms with Crippen LogP contribution in [0, 0.1) is 0 Å². The molecule has 5 nitrogen and oxygen atoms in total. The number of carboxylic acids is 1. The fraction of sp³-hybridized carbons (Fsp3) is 0.500. The summed E-state index contributed by atoms with van der Waals surface area (Å²) in [6.45, 7) is 1.05. The van der Waals surface area contributed by atoms with Crippen LogP contribution in [0.25, 0.3) is 0 Å². The first kappa shape index (κ1) is 9.73. The summed E-state index contributed by atoms with van der Waals surface area (Å²) in [5, 5.41) is 8.42. The number of hydrogen-bond acceptors (Lipinski definition) is 3. The van der Waals surface area contributed by atoms with E-state index in [0.717, 1.165) is 5.82 Å². The van der Waals surface area contributed by atoms with Gasteiger partial charge in [-0.1, -0.05) is 0 Å². The molecular weight excluding hydrogens is 170 g/mol. The average molecular weight is 183 g/mol. The molecule has 0 fully saturated rings. The lowest BCUT2D eigenvalue weighted by Gasteiger charge is -2.03. The molecule has 0 amide bonds. The summed E-state index contributed by atoms with van der Waals surface area (Å²) >= 11 is 0. The van der Waals surface area contributed by atoms with Gasteiger partial charge in [0.25, 0.3) is 0 Å².